The number of anilines is 2. The highest BCUT2D eigenvalue weighted by atomic mass is 35.5. The fraction of sp³-hybridized carbons (Fsp3) is 0.0357. The summed E-state index contributed by atoms with van der Waals surface area (Å²) in [6, 6.07) is 10.3. The van der Waals surface area contributed by atoms with E-state index in [1.54, 1.807) is 0 Å². The maximum Gasteiger partial charge on any atom is 0.338 e. The molecule has 0 fully saturated rings. The summed E-state index contributed by atoms with van der Waals surface area (Å²) in [5.41, 5.74) is 1.28. The Morgan fingerprint density at radius 3 is 1.45 bits per heavy atom. The van der Waals surface area contributed by atoms with Gasteiger partial charge in [0.1, 0.15) is 6.61 Å². The first-order valence-corrected chi connectivity index (χ1v) is 16.8. The molecule has 47 heavy (non-hydrogen) atoms. The Hall–Kier alpha value is -2.68. The fourth-order valence-electron chi connectivity index (χ4n) is 4.02. The first-order chi connectivity index (χ1) is 22.0. The third-order valence-corrected chi connectivity index (χ3v) is 11.7. The van der Waals surface area contributed by atoms with Crippen LogP contribution in [0.15, 0.2) is 58.3 Å². The van der Waals surface area contributed by atoms with E-state index in [1.165, 1.54) is 48.5 Å². The number of carbonyl (C=O) groups is 3. The van der Waals surface area contributed by atoms with E-state index in [0.717, 1.165) is 0 Å². The number of halogens is 8. The summed E-state index contributed by atoms with van der Waals surface area (Å²) in [6.07, 6.45) is 0. The molecule has 19 heteroatoms. The molecule has 0 atom stereocenters. The lowest BCUT2D eigenvalue weighted by molar-refractivity contribution is 0.0682. The van der Waals surface area contributed by atoms with Gasteiger partial charge in [0.15, 0.2) is 0 Å². The summed E-state index contributed by atoms with van der Waals surface area (Å²) >= 11 is 48.2. The van der Waals surface area contributed by atoms with Crippen molar-refractivity contribution in [1.82, 2.24) is 0 Å². The van der Waals surface area contributed by atoms with Crippen molar-refractivity contribution in [2.24, 2.45) is 0 Å². The lowest BCUT2D eigenvalue weighted by Gasteiger charge is -2.15. The van der Waals surface area contributed by atoms with Crippen LogP contribution in [0.3, 0.4) is 0 Å². The summed E-state index contributed by atoms with van der Waals surface area (Å²) in [4.78, 5) is 41.6. The molecule has 1 amide bonds. The molecule has 0 aliphatic rings. The van der Waals surface area contributed by atoms with Crippen molar-refractivity contribution >= 4 is 132 Å². The number of hydrogen-bond acceptors (Lipinski definition) is 7. The van der Waals surface area contributed by atoms with Gasteiger partial charge in [0.2, 0.25) is 9.84 Å². The van der Waals surface area contributed by atoms with Crippen LogP contribution in [0.25, 0.3) is 0 Å². The van der Waals surface area contributed by atoms with Crippen LogP contribution in [0.4, 0.5) is 11.4 Å². The van der Waals surface area contributed by atoms with Gasteiger partial charge in [-0.1, -0.05) is 92.8 Å². The molecular weight excluding hydrogens is 808 g/mol. The number of carboxylic acid groups (broad SMARTS) is 2. The molecule has 4 rings (SSSR count). The second-order valence-electron chi connectivity index (χ2n) is 9.12. The van der Waals surface area contributed by atoms with E-state index < -0.39 is 61.0 Å². The van der Waals surface area contributed by atoms with Crippen LogP contribution < -0.4 is 10.8 Å². The molecule has 0 spiro atoms. The minimum Gasteiger partial charge on any atom is -0.478 e. The number of benzene rings is 4. The number of carbonyl (C=O) groups excluding carboxylic acids is 1. The lowest BCUT2D eigenvalue weighted by Crippen LogP contribution is -2.18. The highest BCUT2D eigenvalue weighted by Crippen LogP contribution is 2.43. The average Bonchev–Trinajstić information content (AvgIpc) is 3.03. The maximum absolute atomic E-state index is 13.2. The van der Waals surface area contributed by atoms with Gasteiger partial charge in [0, 0.05) is 11.3 Å². The molecule has 0 aromatic heterocycles. The van der Waals surface area contributed by atoms with E-state index in [0.29, 0.717) is 5.69 Å². The Bertz CT molecular complexity index is 2060. The second kappa shape index (κ2) is 14.8. The van der Waals surface area contributed by atoms with Crippen LogP contribution in [0, 0.1) is 0 Å². The van der Waals surface area contributed by atoms with Gasteiger partial charge in [-0.2, -0.15) is 0 Å². The van der Waals surface area contributed by atoms with Gasteiger partial charge in [0.05, 0.1) is 72.3 Å². The Labute approximate surface area is 305 Å². The zero-order chi connectivity index (χ0) is 35.0. The largest absolute Gasteiger partial charge is 0.478 e. The summed E-state index contributed by atoms with van der Waals surface area (Å²) < 4.78 is 26.5. The number of sulfone groups is 1. The molecule has 0 heterocycles. The molecular formula is C28H14Cl8N2O8S. The molecule has 0 saturated heterocycles. The summed E-state index contributed by atoms with van der Waals surface area (Å²) in [5.74, 6) is -3.98. The summed E-state index contributed by atoms with van der Waals surface area (Å²) in [5, 5.41) is 19.1. The summed E-state index contributed by atoms with van der Waals surface area (Å²) in [6.45, 7) is -0.401. The number of rotatable bonds is 10. The van der Waals surface area contributed by atoms with Gasteiger partial charge in [0.25, 0.3) is 5.91 Å². The third kappa shape index (κ3) is 7.50. The van der Waals surface area contributed by atoms with Crippen molar-refractivity contribution in [1.29, 1.82) is 0 Å². The molecule has 0 saturated carbocycles. The van der Waals surface area contributed by atoms with E-state index in [9.17, 15) is 33.0 Å². The molecule has 4 aromatic rings. The molecule has 0 radical (unpaired) electrons. The van der Waals surface area contributed by atoms with Gasteiger partial charge in [-0.15, -0.1) is 0 Å². The summed E-state index contributed by atoms with van der Waals surface area (Å²) in [7, 11) is -4.05. The van der Waals surface area contributed by atoms with Crippen LogP contribution in [0.1, 0.15) is 36.6 Å². The highest BCUT2D eigenvalue weighted by molar-refractivity contribution is 7.91. The monoisotopic (exact) mass is 818 g/mol. The molecule has 0 aliphatic carbocycles. The molecule has 4 aromatic carbocycles. The van der Waals surface area contributed by atoms with Crippen molar-refractivity contribution in [2.45, 2.75) is 16.4 Å². The molecule has 0 bridgehead atoms. The molecule has 0 aliphatic heterocycles. The van der Waals surface area contributed by atoms with Gasteiger partial charge in [-0.3, -0.25) is 15.1 Å². The molecule has 10 nitrogen and oxygen atoms in total. The first-order valence-electron chi connectivity index (χ1n) is 12.3. The zero-order valence-electron chi connectivity index (χ0n) is 22.6. The number of carboxylic acids is 2. The Morgan fingerprint density at radius 2 is 0.979 bits per heavy atom. The molecule has 0 unspecified atom stereocenters. The molecule has 4 N–H and O–H groups in total. The minimum atomic E-state index is -4.05. The van der Waals surface area contributed by atoms with E-state index in [4.69, 9.17) is 97.6 Å². The van der Waals surface area contributed by atoms with Crippen molar-refractivity contribution in [3.63, 3.8) is 0 Å². The van der Waals surface area contributed by atoms with Crippen molar-refractivity contribution in [2.75, 3.05) is 10.8 Å². The number of hydrogen-bond donors (Lipinski definition) is 4. The van der Waals surface area contributed by atoms with E-state index in [-0.39, 0.29) is 51.2 Å². The number of aromatic carboxylic acids is 2. The minimum absolute atomic E-state index is 0.0453. The van der Waals surface area contributed by atoms with Crippen molar-refractivity contribution in [3.05, 3.63) is 111 Å². The van der Waals surface area contributed by atoms with Gasteiger partial charge in [-0.05, 0) is 48.5 Å². The smallest absolute Gasteiger partial charge is 0.338 e. The number of amides is 1. The Kier molecular flexibility index (Phi) is 11.7. The Balaban J connectivity index is 1.48. The third-order valence-electron chi connectivity index (χ3n) is 6.28. The zero-order valence-corrected chi connectivity index (χ0v) is 29.5. The van der Waals surface area contributed by atoms with E-state index >= 15 is 0 Å². The highest BCUT2D eigenvalue weighted by Gasteiger charge is 2.29. The second-order valence-corrected chi connectivity index (χ2v) is 14.1. The normalized spacial score (nSPS) is 11.3. The standard InChI is InChI=1S/C28H14Cl8N2O8S/c29-18-14(15(27(40)41)19(30)23(34)22(18)33)9-46-38-11-3-7-13(8-4-11)47(44,45)12-5-1-10(2-6-12)37-26(39)16-17(28(42)43)21(32)25(36)24(35)20(16)31/h1-8,38H,9H2,(H,37,39)(H,40,41)(H,42,43). The molecule has 246 valence electrons. The predicted octanol–water partition coefficient (Wildman–Crippen LogP) is 9.94. The first kappa shape index (κ1) is 37.1. The van der Waals surface area contributed by atoms with Crippen molar-refractivity contribution in [3.8, 4) is 0 Å². The van der Waals surface area contributed by atoms with Gasteiger partial charge >= 0.3 is 11.9 Å². The van der Waals surface area contributed by atoms with Crippen LogP contribution in [-0.2, 0) is 21.3 Å². The van der Waals surface area contributed by atoms with Crippen LogP contribution in [-0.4, -0.2) is 36.5 Å². The lowest BCUT2D eigenvalue weighted by atomic mass is 10.1. The predicted molar refractivity (Wildman–Crippen MR) is 182 cm³/mol. The van der Waals surface area contributed by atoms with Crippen LogP contribution in [0.5, 0.6) is 0 Å². The quantitative estimate of drug-likeness (QED) is 0.0694. The van der Waals surface area contributed by atoms with E-state index in [2.05, 4.69) is 10.8 Å². The van der Waals surface area contributed by atoms with Gasteiger partial charge < -0.3 is 15.5 Å². The van der Waals surface area contributed by atoms with E-state index in [1.807, 2.05) is 0 Å². The van der Waals surface area contributed by atoms with Crippen LogP contribution in [0.2, 0.25) is 40.2 Å². The Morgan fingerprint density at radius 1 is 0.574 bits per heavy atom. The van der Waals surface area contributed by atoms with Crippen molar-refractivity contribution < 1.29 is 37.9 Å². The topological polar surface area (TPSA) is 159 Å². The van der Waals surface area contributed by atoms with Gasteiger partial charge in [-0.25, -0.2) is 18.0 Å². The fourth-order valence-corrected chi connectivity index (χ4v) is 7.33. The average molecular weight is 822 g/mol. The van der Waals surface area contributed by atoms with Crippen LogP contribution >= 0.6 is 92.8 Å². The SMILES string of the molecule is O=C(O)c1c(Cl)c(Cl)c(Cl)c(Cl)c1CONc1ccc(S(=O)(=O)c2ccc(NC(=O)c3c(Cl)c(Cl)c(Cl)c(Cl)c3C(=O)O)cc2)cc1. The maximum atomic E-state index is 13.2. The number of nitrogens with one attached hydrogen (secondary N) is 2.